The van der Waals surface area contributed by atoms with E-state index in [1.54, 1.807) is 28.8 Å². The van der Waals surface area contributed by atoms with Crippen molar-refractivity contribution >= 4 is 32.5 Å². The number of carbonyl (C=O) groups excluding carboxylic acids is 1. The average Bonchev–Trinajstić information content (AvgIpc) is 3.22. The van der Waals surface area contributed by atoms with Gasteiger partial charge in [-0.2, -0.15) is 0 Å². The predicted octanol–water partition coefficient (Wildman–Crippen LogP) is 1.90. The molecule has 0 aliphatic heterocycles. The molecule has 4 rings (SSSR count). The molecule has 30 heavy (non-hydrogen) atoms. The maximum atomic E-state index is 12.8. The van der Waals surface area contributed by atoms with E-state index in [0.29, 0.717) is 16.7 Å². The predicted molar refractivity (Wildman–Crippen MR) is 114 cm³/mol. The summed E-state index contributed by atoms with van der Waals surface area (Å²) in [5, 5.41) is 7.89. The van der Waals surface area contributed by atoms with Crippen molar-refractivity contribution in [1.82, 2.24) is 19.7 Å². The van der Waals surface area contributed by atoms with Crippen LogP contribution in [0.25, 0.3) is 22.3 Å². The Hall–Kier alpha value is -3.66. The van der Waals surface area contributed by atoms with Crippen LogP contribution >= 0.6 is 0 Å². The van der Waals surface area contributed by atoms with Crippen molar-refractivity contribution in [3.8, 4) is 11.3 Å². The van der Waals surface area contributed by atoms with Crippen molar-refractivity contribution in [2.75, 3.05) is 11.6 Å². The van der Waals surface area contributed by atoms with Gasteiger partial charge in [-0.15, -0.1) is 0 Å². The number of para-hydroxylation sites is 2. The van der Waals surface area contributed by atoms with Gasteiger partial charge in [0.2, 0.25) is 5.91 Å². The number of hydrogen-bond donors (Lipinski definition) is 3. The molecule has 154 valence electrons. The number of nitrogens with one attached hydrogen (secondary N) is 3. The van der Waals surface area contributed by atoms with Crippen LogP contribution in [0.2, 0.25) is 0 Å². The maximum Gasteiger partial charge on any atom is 0.288 e. The number of amides is 1. The molecule has 3 N–H and O–H groups in total. The number of carbonyl (C=O) groups is 1. The fourth-order valence-electron chi connectivity index (χ4n) is 3.27. The Morgan fingerprint density at radius 2 is 1.77 bits per heavy atom. The lowest BCUT2D eigenvalue weighted by molar-refractivity contribution is -0.116. The van der Waals surface area contributed by atoms with Gasteiger partial charge in [-0.3, -0.25) is 19.8 Å². The SMILES string of the molecule is CS(=O)(=O)Cc1nc2ccccc2n1CC(=O)Nc1c(-c2ccccc2)[nH][nH]c1=O. The van der Waals surface area contributed by atoms with Crippen molar-refractivity contribution < 1.29 is 13.2 Å². The van der Waals surface area contributed by atoms with Crippen LogP contribution in [0.15, 0.2) is 59.4 Å². The zero-order valence-electron chi connectivity index (χ0n) is 16.0. The Bertz CT molecular complexity index is 1380. The Morgan fingerprint density at radius 3 is 2.50 bits per heavy atom. The van der Waals surface area contributed by atoms with Gasteiger partial charge >= 0.3 is 0 Å². The van der Waals surface area contributed by atoms with Crippen molar-refractivity contribution in [2.45, 2.75) is 12.3 Å². The molecule has 2 heterocycles. The van der Waals surface area contributed by atoms with Gasteiger partial charge in [-0.1, -0.05) is 42.5 Å². The number of anilines is 1. The molecule has 2 aromatic carbocycles. The third-order valence-electron chi connectivity index (χ3n) is 4.53. The van der Waals surface area contributed by atoms with Gasteiger partial charge in [0.05, 0.1) is 16.7 Å². The topological polar surface area (TPSA) is 130 Å². The highest BCUT2D eigenvalue weighted by molar-refractivity contribution is 7.89. The first-order valence-electron chi connectivity index (χ1n) is 9.09. The highest BCUT2D eigenvalue weighted by Gasteiger charge is 2.19. The number of H-pyrrole nitrogens is 2. The normalized spacial score (nSPS) is 11.6. The molecule has 10 heteroatoms. The van der Waals surface area contributed by atoms with Gasteiger partial charge in [0.15, 0.2) is 9.84 Å². The standard InChI is InChI=1S/C20H19N5O4S/c1-30(28,29)12-16-21-14-9-5-6-10-15(14)25(16)11-17(26)22-19-18(23-24-20(19)27)13-7-3-2-4-8-13/h2-10H,11-12H2,1H3,(H,22,26)(H2,23,24,27). The van der Waals surface area contributed by atoms with Crippen LogP contribution in [0.3, 0.4) is 0 Å². The Morgan fingerprint density at radius 1 is 1.07 bits per heavy atom. The summed E-state index contributed by atoms with van der Waals surface area (Å²) in [6.07, 6.45) is 1.11. The van der Waals surface area contributed by atoms with E-state index >= 15 is 0 Å². The number of aromatic amines is 2. The van der Waals surface area contributed by atoms with E-state index in [2.05, 4.69) is 20.5 Å². The molecule has 9 nitrogen and oxygen atoms in total. The summed E-state index contributed by atoms with van der Waals surface area (Å²) in [4.78, 5) is 29.4. The van der Waals surface area contributed by atoms with Crippen LogP contribution in [-0.4, -0.2) is 40.3 Å². The summed E-state index contributed by atoms with van der Waals surface area (Å²) in [6.45, 7) is -0.190. The van der Waals surface area contributed by atoms with E-state index < -0.39 is 21.3 Å². The number of nitrogens with zero attached hydrogens (tertiary/aromatic N) is 2. The van der Waals surface area contributed by atoms with Crippen LogP contribution in [0.1, 0.15) is 5.82 Å². The number of fused-ring (bicyclic) bond motifs is 1. The van der Waals surface area contributed by atoms with Crippen LogP contribution in [0.4, 0.5) is 5.69 Å². The zero-order valence-corrected chi connectivity index (χ0v) is 16.9. The van der Waals surface area contributed by atoms with Gasteiger partial charge < -0.3 is 9.88 Å². The molecule has 2 aromatic heterocycles. The molecule has 0 saturated carbocycles. The maximum absolute atomic E-state index is 12.8. The fourth-order valence-corrected chi connectivity index (χ4v) is 3.96. The summed E-state index contributed by atoms with van der Waals surface area (Å²) in [6, 6.07) is 16.2. The Labute approximate surface area is 171 Å². The van der Waals surface area contributed by atoms with Gasteiger partial charge in [-0.25, -0.2) is 13.4 Å². The summed E-state index contributed by atoms with van der Waals surface area (Å²) in [7, 11) is -3.36. The Balaban J connectivity index is 1.66. The minimum absolute atomic E-state index is 0.0975. The van der Waals surface area contributed by atoms with Gasteiger partial charge in [-0.05, 0) is 12.1 Å². The van der Waals surface area contributed by atoms with E-state index in [9.17, 15) is 18.0 Å². The minimum atomic E-state index is -3.36. The summed E-state index contributed by atoms with van der Waals surface area (Å²) in [5.41, 5.74) is 2.05. The third-order valence-corrected chi connectivity index (χ3v) is 5.31. The van der Waals surface area contributed by atoms with Gasteiger partial charge in [0, 0.05) is 11.8 Å². The molecule has 0 aliphatic carbocycles. The fraction of sp³-hybridized carbons (Fsp3) is 0.150. The van der Waals surface area contributed by atoms with Gasteiger partial charge in [0.1, 0.15) is 23.8 Å². The lowest BCUT2D eigenvalue weighted by Crippen LogP contribution is -2.23. The smallest absolute Gasteiger partial charge is 0.288 e. The largest absolute Gasteiger partial charge is 0.318 e. The molecule has 0 atom stereocenters. The Kier molecular flexibility index (Phi) is 5.00. The number of aromatic nitrogens is 4. The summed E-state index contributed by atoms with van der Waals surface area (Å²) >= 11 is 0. The molecule has 0 saturated heterocycles. The zero-order chi connectivity index (χ0) is 21.3. The van der Waals surface area contributed by atoms with Crippen molar-refractivity contribution in [3.05, 3.63) is 70.8 Å². The van der Waals surface area contributed by atoms with E-state index in [-0.39, 0.29) is 23.8 Å². The molecule has 0 bridgehead atoms. The number of hydrogen-bond acceptors (Lipinski definition) is 5. The minimum Gasteiger partial charge on any atom is -0.318 e. The highest BCUT2D eigenvalue weighted by atomic mass is 32.2. The average molecular weight is 425 g/mol. The molecule has 0 spiro atoms. The second kappa shape index (κ2) is 7.64. The summed E-state index contributed by atoms with van der Waals surface area (Å²) < 4.78 is 25.2. The number of benzene rings is 2. The molecule has 4 aromatic rings. The van der Waals surface area contributed by atoms with Crippen LogP contribution in [-0.2, 0) is 26.9 Å². The third kappa shape index (κ3) is 4.03. The number of imidazole rings is 1. The first-order chi connectivity index (χ1) is 14.3. The van der Waals surface area contributed by atoms with Crippen molar-refractivity contribution in [3.63, 3.8) is 0 Å². The molecule has 0 radical (unpaired) electrons. The highest BCUT2D eigenvalue weighted by Crippen LogP contribution is 2.23. The molecular weight excluding hydrogens is 406 g/mol. The molecular formula is C20H19N5O4S. The molecule has 0 unspecified atom stereocenters. The number of rotatable bonds is 6. The van der Waals surface area contributed by atoms with Crippen molar-refractivity contribution in [2.24, 2.45) is 0 Å². The van der Waals surface area contributed by atoms with E-state index in [0.717, 1.165) is 11.8 Å². The molecule has 0 aliphatic rings. The van der Waals surface area contributed by atoms with E-state index in [4.69, 9.17) is 0 Å². The van der Waals surface area contributed by atoms with Crippen LogP contribution < -0.4 is 10.9 Å². The molecule has 1 amide bonds. The molecule has 0 fully saturated rings. The first kappa shape index (κ1) is 19.6. The lowest BCUT2D eigenvalue weighted by Gasteiger charge is -2.10. The second-order valence-corrected chi connectivity index (χ2v) is 9.06. The summed E-state index contributed by atoms with van der Waals surface area (Å²) in [5.74, 6) is -0.509. The van der Waals surface area contributed by atoms with E-state index in [1.807, 2.05) is 30.3 Å². The second-order valence-electron chi connectivity index (χ2n) is 6.92. The first-order valence-corrected chi connectivity index (χ1v) is 11.2. The lowest BCUT2D eigenvalue weighted by atomic mass is 10.1. The quantitative estimate of drug-likeness (QED) is 0.434. The van der Waals surface area contributed by atoms with E-state index in [1.165, 1.54) is 0 Å². The van der Waals surface area contributed by atoms with Gasteiger partial charge in [0.25, 0.3) is 5.56 Å². The van der Waals surface area contributed by atoms with Crippen LogP contribution in [0.5, 0.6) is 0 Å². The number of sulfone groups is 1. The van der Waals surface area contributed by atoms with Crippen molar-refractivity contribution in [1.29, 1.82) is 0 Å². The van der Waals surface area contributed by atoms with Crippen LogP contribution in [0, 0.1) is 0 Å². The monoisotopic (exact) mass is 425 g/mol.